The highest BCUT2D eigenvalue weighted by Gasteiger charge is 2.48. The van der Waals surface area contributed by atoms with Crippen molar-refractivity contribution in [1.82, 2.24) is 0 Å². The molecule has 0 bridgehead atoms. The van der Waals surface area contributed by atoms with Crippen LogP contribution in [0.4, 0.5) is 20.2 Å². The lowest BCUT2D eigenvalue weighted by Gasteiger charge is -2.07. The fourth-order valence-corrected chi connectivity index (χ4v) is 2.79. The fourth-order valence-electron chi connectivity index (χ4n) is 2.39. The maximum absolute atomic E-state index is 13.5. The molecule has 1 saturated carbocycles. The Morgan fingerprint density at radius 2 is 1.71 bits per heavy atom. The molecule has 124 valence electrons. The van der Waals surface area contributed by atoms with Gasteiger partial charge in [0.15, 0.2) is 0 Å². The Balaban J connectivity index is 1.58. The van der Waals surface area contributed by atoms with Gasteiger partial charge in [-0.15, -0.1) is 0 Å². The van der Waals surface area contributed by atoms with Crippen molar-refractivity contribution in [3.8, 4) is 0 Å². The number of anilines is 2. The normalized spacial score (nSPS) is 18.8. The van der Waals surface area contributed by atoms with E-state index in [4.69, 9.17) is 0 Å². The minimum atomic E-state index is -0.848. The maximum atomic E-state index is 13.5. The van der Waals surface area contributed by atoms with Gasteiger partial charge in [-0.3, -0.25) is 9.59 Å². The van der Waals surface area contributed by atoms with E-state index in [2.05, 4.69) is 26.6 Å². The summed E-state index contributed by atoms with van der Waals surface area (Å²) in [6, 6.07) is 10.0. The Kier molecular flexibility index (Phi) is 4.62. The van der Waals surface area contributed by atoms with E-state index in [1.54, 1.807) is 18.2 Å². The molecule has 2 N–H and O–H groups in total. The number of nitrogens with one attached hydrogen (secondary N) is 2. The molecular formula is C17H13BrF2N2O2. The third-order valence-corrected chi connectivity index (χ3v) is 4.24. The molecular weight excluding hydrogens is 382 g/mol. The number of rotatable bonds is 4. The van der Waals surface area contributed by atoms with E-state index in [0.717, 1.165) is 16.6 Å². The van der Waals surface area contributed by atoms with Gasteiger partial charge in [0.05, 0.1) is 17.5 Å². The Morgan fingerprint density at radius 3 is 2.38 bits per heavy atom. The number of carbonyl (C=O) groups excluding carboxylic acids is 2. The summed E-state index contributed by atoms with van der Waals surface area (Å²) < 4.78 is 27.2. The number of amides is 2. The Morgan fingerprint density at radius 1 is 1.00 bits per heavy atom. The number of carbonyl (C=O) groups is 2. The van der Waals surface area contributed by atoms with Crippen molar-refractivity contribution in [3.05, 3.63) is 58.6 Å². The highest BCUT2D eigenvalue weighted by atomic mass is 79.9. The summed E-state index contributed by atoms with van der Waals surface area (Å²) in [4.78, 5) is 24.2. The highest BCUT2D eigenvalue weighted by molar-refractivity contribution is 9.10. The van der Waals surface area contributed by atoms with Crippen LogP contribution in [0.5, 0.6) is 0 Å². The van der Waals surface area contributed by atoms with Gasteiger partial charge in [-0.05, 0) is 36.8 Å². The van der Waals surface area contributed by atoms with Gasteiger partial charge in [0, 0.05) is 16.2 Å². The van der Waals surface area contributed by atoms with Crippen LogP contribution in [0.3, 0.4) is 0 Å². The lowest BCUT2D eigenvalue weighted by atomic mass is 10.2. The van der Waals surface area contributed by atoms with E-state index in [9.17, 15) is 18.4 Å². The molecule has 2 amide bonds. The fraction of sp³-hybridized carbons (Fsp3) is 0.176. The molecule has 1 fully saturated rings. The molecule has 7 heteroatoms. The second-order valence-electron chi connectivity index (χ2n) is 5.56. The number of halogens is 3. The van der Waals surface area contributed by atoms with Crippen molar-refractivity contribution in [2.45, 2.75) is 6.42 Å². The lowest BCUT2D eigenvalue weighted by molar-refractivity contribution is -0.122. The van der Waals surface area contributed by atoms with Gasteiger partial charge in [0.25, 0.3) is 0 Å². The predicted octanol–water partition coefficient (Wildman–Crippen LogP) is 3.94. The molecule has 2 aromatic carbocycles. The zero-order valence-electron chi connectivity index (χ0n) is 12.4. The molecule has 1 aliphatic carbocycles. The van der Waals surface area contributed by atoms with Crippen LogP contribution in [-0.2, 0) is 9.59 Å². The largest absolute Gasteiger partial charge is 0.326 e. The summed E-state index contributed by atoms with van der Waals surface area (Å²) in [6.07, 6.45) is 0.397. The zero-order chi connectivity index (χ0) is 17.3. The van der Waals surface area contributed by atoms with Crippen molar-refractivity contribution < 1.29 is 18.4 Å². The summed E-state index contributed by atoms with van der Waals surface area (Å²) in [5.74, 6) is -3.24. The monoisotopic (exact) mass is 394 g/mol. The Labute approximate surface area is 145 Å². The minimum Gasteiger partial charge on any atom is -0.326 e. The molecule has 0 spiro atoms. The quantitative estimate of drug-likeness (QED) is 0.824. The van der Waals surface area contributed by atoms with Crippen LogP contribution < -0.4 is 10.6 Å². The average Bonchev–Trinajstić information content (AvgIpc) is 3.31. The van der Waals surface area contributed by atoms with Gasteiger partial charge in [-0.2, -0.15) is 0 Å². The first-order chi connectivity index (χ1) is 11.4. The van der Waals surface area contributed by atoms with Gasteiger partial charge in [-0.1, -0.05) is 22.0 Å². The van der Waals surface area contributed by atoms with Crippen molar-refractivity contribution in [2.24, 2.45) is 11.8 Å². The van der Waals surface area contributed by atoms with Crippen LogP contribution in [0, 0.1) is 23.5 Å². The van der Waals surface area contributed by atoms with Crippen molar-refractivity contribution in [1.29, 1.82) is 0 Å². The predicted molar refractivity (Wildman–Crippen MR) is 89.4 cm³/mol. The van der Waals surface area contributed by atoms with Crippen LogP contribution in [0.1, 0.15) is 6.42 Å². The maximum Gasteiger partial charge on any atom is 0.228 e. The molecule has 4 nitrogen and oxygen atoms in total. The molecule has 0 heterocycles. The highest BCUT2D eigenvalue weighted by Crippen LogP contribution is 2.40. The van der Waals surface area contributed by atoms with Gasteiger partial charge >= 0.3 is 0 Å². The molecule has 2 aromatic rings. The van der Waals surface area contributed by atoms with Crippen LogP contribution in [0.15, 0.2) is 46.9 Å². The number of hydrogen-bond acceptors (Lipinski definition) is 2. The van der Waals surface area contributed by atoms with Crippen molar-refractivity contribution in [3.63, 3.8) is 0 Å². The summed E-state index contributed by atoms with van der Waals surface area (Å²) in [6.45, 7) is 0. The van der Waals surface area contributed by atoms with Crippen LogP contribution >= 0.6 is 15.9 Å². The van der Waals surface area contributed by atoms with Crippen LogP contribution in [-0.4, -0.2) is 11.8 Å². The molecule has 2 atom stereocenters. The van der Waals surface area contributed by atoms with E-state index in [1.165, 1.54) is 0 Å². The molecule has 0 aromatic heterocycles. The average molecular weight is 395 g/mol. The summed E-state index contributed by atoms with van der Waals surface area (Å²) in [5.41, 5.74) is 0.532. The number of hydrogen-bond donors (Lipinski definition) is 2. The van der Waals surface area contributed by atoms with Gasteiger partial charge in [0.1, 0.15) is 11.6 Å². The molecule has 0 saturated heterocycles. The first kappa shape index (κ1) is 16.6. The zero-order valence-corrected chi connectivity index (χ0v) is 13.9. The molecule has 0 radical (unpaired) electrons. The van der Waals surface area contributed by atoms with Crippen molar-refractivity contribution >= 4 is 39.1 Å². The van der Waals surface area contributed by atoms with Gasteiger partial charge in [0.2, 0.25) is 11.8 Å². The first-order valence-electron chi connectivity index (χ1n) is 7.26. The van der Waals surface area contributed by atoms with E-state index < -0.39 is 29.4 Å². The van der Waals surface area contributed by atoms with Gasteiger partial charge in [-0.25, -0.2) is 8.78 Å². The van der Waals surface area contributed by atoms with E-state index in [0.29, 0.717) is 18.2 Å². The molecule has 0 aliphatic heterocycles. The summed E-state index contributed by atoms with van der Waals surface area (Å²) in [7, 11) is 0. The van der Waals surface area contributed by atoms with E-state index >= 15 is 0 Å². The van der Waals surface area contributed by atoms with E-state index in [1.807, 2.05) is 6.07 Å². The topological polar surface area (TPSA) is 58.2 Å². The molecule has 2 unspecified atom stereocenters. The lowest BCUT2D eigenvalue weighted by Crippen LogP contribution is -2.21. The summed E-state index contributed by atoms with van der Waals surface area (Å²) >= 11 is 3.31. The minimum absolute atomic E-state index is 0.0977. The molecule has 3 rings (SSSR count). The third-order valence-electron chi connectivity index (χ3n) is 3.75. The summed E-state index contributed by atoms with van der Waals surface area (Å²) in [5, 5.41) is 5.13. The molecule has 24 heavy (non-hydrogen) atoms. The first-order valence-corrected chi connectivity index (χ1v) is 8.05. The third kappa shape index (κ3) is 3.79. The standard InChI is InChI=1S/C17H13BrF2N2O2/c18-9-2-1-3-11(6-9)21-16(23)12-8-13(12)17(24)22-15-5-4-10(19)7-14(15)20/h1-7,12-13H,8H2,(H,21,23)(H,22,24). The SMILES string of the molecule is O=C(Nc1cccc(Br)c1)C1CC1C(=O)Nc1ccc(F)cc1F. The smallest absolute Gasteiger partial charge is 0.228 e. The van der Waals surface area contributed by atoms with E-state index in [-0.39, 0.29) is 11.6 Å². The Bertz CT molecular complexity index is 813. The van der Waals surface area contributed by atoms with Crippen LogP contribution in [0.25, 0.3) is 0 Å². The van der Waals surface area contributed by atoms with Crippen LogP contribution in [0.2, 0.25) is 0 Å². The number of benzene rings is 2. The Hall–Kier alpha value is -2.28. The van der Waals surface area contributed by atoms with Crippen molar-refractivity contribution in [2.75, 3.05) is 10.6 Å². The molecule has 1 aliphatic rings. The van der Waals surface area contributed by atoms with Gasteiger partial charge < -0.3 is 10.6 Å². The second kappa shape index (κ2) is 6.68. The second-order valence-corrected chi connectivity index (χ2v) is 6.48.